The van der Waals surface area contributed by atoms with E-state index in [1.807, 2.05) is 35.0 Å². The van der Waals surface area contributed by atoms with E-state index in [2.05, 4.69) is 4.98 Å². The van der Waals surface area contributed by atoms with Gasteiger partial charge in [0.2, 0.25) is 10.0 Å². The van der Waals surface area contributed by atoms with Crippen molar-refractivity contribution in [3.8, 4) is 0 Å². The largest absolute Gasteiger partial charge is 0.307 e. The molecule has 0 aromatic carbocycles. The van der Waals surface area contributed by atoms with Crippen LogP contribution >= 0.6 is 0 Å². The molecule has 0 aliphatic heterocycles. The minimum absolute atomic E-state index is 0.334. The molecular weight excluding hydrogens is 226 g/mol. The Morgan fingerprint density at radius 2 is 2.25 bits per heavy atom. The van der Waals surface area contributed by atoms with Gasteiger partial charge in [0, 0.05) is 18.8 Å². The zero-order valence-corrected chi connectivity index (χ0v) is 9.68. The highest BCUT2D eigenvalue weighted by molar-refractivity contribution is 7.89. The molecule has 1 unspecified atom stereocenters. The lowest BCUT2D eigenvalue weighted by Gasteiger charge is -2.05. The fraction of sp³-hybridized carbons (Fsp3) is 0.300. The molecule has 0 fully saturated rings. The number of primary sulfonamides is 1. The molecule has 2 rings (SSSR count). The molecule has 0 spiro atoms. The molecule has 2 aromatic heterocycles. The third-order valence-electron chi connectivity index (χ3n) is 2.47. The number of pyridine rings is 1. The van der Waals surface area contributed by atoms with Crippen molar-refractivity contribution in [2.45, 2.75) is 18.6 Å². The van der Waals surface area contributed by atoms with E-state index in [4.69, 9.17) is 5.14 Å². The van der Waals surface area contributed by atoms with Crippen LogP contribution in [0, 0.1) is 0 Å². The molecule has 0 aliphatic carbocycles. The van der Waals surface area contributed by atoms with E-state index in [1.54, 1.807) is 6.92 Å². The molecule has 5 nitrogen and oxygen atoms in total. The maximum absolute atomic E-state index is 11.1. The van der Waals surface area contributed by atoms with Crippen molar-refractivity contribution >= 4 is 15.7 Å². The highest BCUT2D eigenvalue weighted by Gasteiger charge is 2.17. The number of rotatable bonds is 3. The number of hydrogen-bond donors (Lipinski definition) is 1. The monoisotopic (exact) mass is 239 g/mol. The van der Waals surface area contributed by atoms with Gasteiger partial charge in [0.1, 0.15) is 5.65 Å². The van der Waals surface area contributed by atoms with Crippen LogP contribution < -0.4 is 5.14 Å². The van der Waals surface area contributed by atoms with Gasteiger partial charge in [-0.15, -0.1) is 0 Å². The second-order valence-electron chi connectivity index (χ2n) is 3.80. The number of nitrogens with zero attached hydrogens (tertiary/aromatic N) is 2. The minimum atomic E-state index is -3.49. The lowest BCUT2D eigenvalue weighted by Crippen LogP contribution is -2.27. The molecule has 2 heterocycles. The van der Waals surface area contributed by atoms with E-state index in [1.165, 1.54) is 0 Å². The van der Waals surface area contributed by atoms with Crippen molar-refractivity contribution in [1.29, 1.82) is 0 Å². The Kier molecular flexibility index (Phi) is 2.69. The topological polar surface area (TPSA) is 77.5 Å². The molecule has 0 radical (unpaired) electrons. The highest BCUT2D eigenvalue weighted by Crippen LogP contribution is 2.09. The molecule has 0 aliphatic rings. The predicted octanol–water partition coefficient (Wildman–Crippen LogP) is 0.554. The van der Waals surface area contributed by atoms with E-state index < -0.39 is 15.3 Å². The summed E-state index contributed by atoms with van der Waals surface area (Å²) in [7, 11) is -3.49. The summed E-state index contributed by atoms with van der Waals surface area (Å²) in [6.07, 6.45) is 4.02. The maximum Gasteiger partial charge on any atom is 0.212 e. The molecular formula is C10H13N3O2S. The van der Waals surface area contributed by atoms with Gasteiger partial charge in [0.25, 0.3) is 0 Å². The Morgan fingerprint density at radius 3 is 2.88 bits per heavy atom. The molecule has 86 valence electrons. The summed E-state index contributed by atoms with van der Waals surface area (Å²) >= 11 is 0. The van der Waals surface area contributed by atoms with Crippen molar-refractivity contribution in [1.82, 2.24) is 9.38 Å². The summed E-state index contributed by atoms with van der Waals surface area (Å²) in [6, 6.07) is 5.64. The smallest absolute Gasteiger partial charge is 0.212 e. The van der Waals surface area contributed by atoms with Crippen LogP contribution in [-0.2, 0) is 16.4 Å². The maximum atomic E-state index is 11.1. The second kappa shape index (κ2) is 3.88. The van der Waals surface area contributed by atoms with E-state index in [-0.39, 0.29) is 0 Å². The van der Waals surface area contributed by atoms with Gasteiger partial charge >= 0.3 is 0 Å². The number of aromatic nitrogens is 2. The number of nitrogens with two attached hydrogens (primary N) is 1. The molecule has 2 aromatic rings. The molecule has 0 bridgehead atoms. The van der Waals surface area contributed by atoms with Gasteiger partial charge in [-0.05, 0) is 19.1 Å². The summed E-state index contributed by atoms with van der Waals surface area (Å²) < 4.78 is 24.0. The van der Waals surface area contributed by atoms with Crippen molar-refractivity contribution < 1.29 is 8.42 Å². The first kappa shape index (κ1) is 11.1. The molecule has 0 amide bonds. The average molecular weight is 239 g/mol. The first-order valence-corrected chi connectivity index (χ1v) is 6.52. The molecule has 6 heteroatoms. The highest BCUT2D eigenvalue weighted by atomic mass is 32.2. The lowest BCUT2D eigenvalue weighted by molar-refractivity contribution is 0.583. The van der Waals surface area contributed by atoms with Gasteiger partial charge in [-0.2, -0.15) is 0 Å². The molecule has 16 heavy (non-hydrogen) atoms. The molecule has 0 saturated carbocycles. The first-order valence-electron chi connectivity index (χ1n) is 4.91. The Morgan fingerprint density at radius 1 is 1.50 bits per heavy atom. The zero-order valence-electron chi connectivity index (χ0n) is 8.87. The Balaban J connectivity index is 2.29. The third-order valence-corrected chi connectivity index (χ3v) is 3.76. The zero-order chi connectivity index (χ0) is 11.8. The van der Waals surface area contributed by atoms with E-state index in [0.29, 0.717) is 6.42 Å². The number of fused-ring (bicyclic) bond motifs is 1. The van der Waals surface area contributed by atoms with Crippen LogP contribution in [0.3, 0.4) is 0 Å². The van der Waals surface area contributed by atoms with Crippen LogP contribution in [-0.4, -0.2) is 23.1 Å². The van der Waals surface area contributed by atoms with Gasteiger partial charge in [-0.3, -0.25) is 0 Å². The SMILES string of the molecule is CC(Cc1cn2ccccc2n1)S(N)(=O)=O. The van der Waals surface area contributed by atoms with Crippen LogP contribution in [0.4, 0.5) is 0 Å². The quantitative estimate of drug-likeness (QED) is 0.849. The van der Waals surface area contributed by atoms with Gasteiger partial charge in [-0.1, -0.05) is 6.07 Å². The van der Waals surface area contributed by atoms with Crippen molar-refractivity contribution in [3.05, 3.63) is 36.3 Å². The van der Waals surface area contributed by atoms with Crippen LogP contribution in [0.2, 0.25) is 0 Å². The van der Waals surface area contributed by atoms with Gasteiger partial charge in [-0.25, -0.2) is 18.5 Å². The van der Waals surface area contributed by atoms with Crippen LogP contribution in [0.1, 0.15) is 12.6 Å². The minimum Gasteiger partial charge on any atom is -0.307 e. The van der Waals surface area contributed by atoms with E-state index in [0.717, 1.165) is 11.3 Å². The molecule has 1 atom stereocenters. The summed E-state index contributed by atoms with van der Waals surface area (Å²) in [4.78, 5) is 4.31. The van der Waals surface area contributed by atoms with Gasteiger partial charge in [0.15, 0.2) is 0 Å². The van der Waals surface area contributed by atoms with E-state index in [9.17, 15) is 8.42 Å². The Bertz CT molecular complexity index is 570. The standard InChI is InChI=1S/C10H13N3O2S/c1-8(16(11,14)15)6-9-7-13-5-3-2-4-10(13)12-9/h2-5,7-8H,6H2,1H3,(H2,11,14,15). The summed E-state index contributed by atoms with van der Waals surface area (Å²) in [5.74, 6) is 0. The second-order valence-corrected chi connectivity index (χ2v) is 5.78. The fourth-order valence-electron chi connectivity index (χ4n) is 1.50. The average Bonchev–Trinajstić information content (AvgIpc) is 2.58. The Labute approximate surface area is 94.0 Å². The summed E-state index contributed by atoms with van der Waals surface area (Å²) in [6.45, 7) is 1.58. The lowest BCUT2D eigenvalue weighted by atomic mass is 10.3. The van der Waals surface area contributed by atoms with Crippen molar-refractivity contribution in [2.24, 2.45) is 5.14 Å². The predicted molar refractivity (Wildman–Crippen MR) is 61.5 cm³/mol. The van der Waals surface area contributed by atoms with E-state index >= 15 is 0 Å². The number of hydrogen-bond acceptors (Lipinski definition) is 3. The van der Waals surface area contributed by atoms with Crippen molar-refractivity contribution in [3.63, 3.8) is 0 Å². The first-order chi connectivity index (χ1) is 7.47. The Hall–Kier alpha value is -1.40. The van der Waals surface area contributed by atoms with Crippen LogP contribution in [0.15, 0.2) is 30.6 Å². The third kappa shape index (κ3) is 2.23. The van der Waals surface area contributed by atoms with Gasteiger partial charge in [0.05, 0.1) is 10.9 Å². The van der Waals surface area contributed by atoms with Crippen LogP contribution in [0.25, 0.3) is 5.65 Å². The normalized spacial score (nSPS) is 14.1. The number of imidazole rings is 1. The molecule has 2 N–H and O–H groups in total. The van der Waals surface area contributed by atoms with Gasteiger partial charge < -0.3 is 4.40 Å². The summed E-state index contributed by atoms with van der Waals surface area (Å²) in [5.41, 5.74) is 1.53. The van der Waals surface area contributed by atoms with Crippen molar-refractivity contribution in [2.75, 3.05) is 0 Å². The fourth-order valence-corrected chi connectivity index (χ4v) is 1.90. The number of sulfonamides is 1. The molecule has 0 saturated heterocycles. The van der Waals surface area contributed by atoms with Crippen LogP contribution in [0.5, 0.6) is 0 Å². The summed E-state index contributed by atoms with van der Waals surface area (Å²) in [5, 5.41) is 4.45.